The van der Waals surface area contributed by atoms with Crippen LogP contribution in [0.1, 0.15) is 20.8 Å². The largest absolute Gasteiger partial charge is 0.359 e. The molecule has 0 aromatic carbocycles. The van der Waals surface area contributed by atoms with Crippen LogP contribution in [0.2, 0.25) is 0 Å². The summed E-state index contributed by atoms with van der Waals surface area (Å²) in [5.41, 5.74) is 0. The normalized spacial score (nSPS) is 51.4. The molecule has 1 heterocycles. The molecule has 1 saturated carbocycles. The molecule has 0 radical (unpaired) electrons. The van der Waals surface area contributed by atoms with Crippen LogP contribution in [0.5, 0.6) is 0 Å². The maximum atomic E-state index is 5.76. The van der Waals surface area contributed by atoms with Gasteiger partial charge in [0.2, 0.25) is 0 Å². The van der Waals surface area contributed by atoms with Crippen LogP contribution >= 0.6 is 0 Å². The van der Waals surface area contributed by atoms with Crippen LogP contribution in [0.15, 0.2) is 0 Å². The predicted molar refractivity (Wildman–Crippen MR) is 55.0 cm³/mol. The lowest BCUT2D eigenvalue weighted by Gasteiger charge is -2.36. The van der Waals surface area contributed by atoms with Gasteiger partial charge in [-0.1, -0.05) is 20.8 Å². The second-order valence-electron chi connectivity index (χ2n) is 4.83. The fraction of sp³-hybridized carbons (Fsp3) is 1.00. The number of ether oxygens (including phenoxy) is 2. The van der Waals surface area contributed by atoms with Crippen molar-refractivity contribution in [3.05, 3.63) is 0 Å². The summed E-state index contributed by atoms with van der Waals surface area (Å²) in [4.78, 5) is 0. The van der Waals surface area contributed by atoms with E-state index >= 15 is 0 Å². The first-order valence-electron chi connectivity index (χ1n) is 5.53. The average molecular weight is 199 g/mol. The molecule has 0 spiro atoms. The molecule has 6 atom stereocenters. The van der Waals surface area contributed by atoms with Gasteiger partial charge < -0.3 is 14.8 Å². The summed E-state index contributed by atoms with van der Waals surface area (Å²) in [5.74, 6) is 1.95. The summed E-state index contributed by atoms with van der Waals surface area (Å²) < 4.78 is 10.7. The summed E-state index contributed by atoms with van der Waals surface area (Å²) >= 11 is 0. The minimum absolute atomic E-state index is 0.348. The van der Waals surface area contributed by atoms with Crippen LogP contribution < -0.4 is 5.32 Å². The zero-order chi connectivity index (χ0) is 10.3. The highest BCUT2D eigenvalue weighted by molar-refractivity contribution is 5.11. The third-order valence-electron chi connectivity index (χ3n) is 4.04. The summed E-state index contributed by atoms with van der Waals surface area (Å²) in [7, 11) is 1.68. The van der Waals surface area contributed by atoms with E-state index in [1.807, 2.05) is 0 Å². The highest BCUT2D eigenvalue weighted by Gasteiger charge is 2.54. The van der Waals surface area contributed by atoms with E-state index in [9.17, 15) is 0 Å². The minimum atomic E-state index is 0.348. The molecule has 2 rings (SSSR count). The van der Waals surface area contributed by atoms with Crippen LogP contribution in [-0.2, 0) is 9.47 Å². The van der Waals surface area contributed by atoms with Crippen molar-refractivity contribution < 1.29 is 9.47 Å². The van der Waals surface area contributed by atoms with Crippen LogP contribution in [0.3, 0.4) is 0 Å². The lowest BCUT2D eigenvalue weighted by molar-refractivity contribution is -0.121. The summed E-state index contributed by atoms with van der Waals surface area (Å²) in [6.07, 6.45) is 0.348. The summed E-state index contributed by atoms with van der Waals surface area (Å²) in [5, 5.41) is 3.55. The van der Waals surface area contributed by atoms with Crippen molar-refractivity contribution >= 4 is 0 Å². The maximum absolute atomic E-state index is 5.76. The van der Waals surface area contributed by atoms with Crippen molar-refractivity contribution in [2.75, 3.05) is 13.9 Å². The second-order valence-corrected chi connectivity index (χ2v) is 4.83. The van der Waals surface area contributed by atoms with E-state index < -0.39 is 0 Å². The minimum Gasteiger partial charge on any atom is -0.359 e. The van der Waals surface area contributed by atoms with Crippen LogP contribution in [0.4, 0.5) is 0 Å². The lowest BCUT2D eigenvalue weighted by atomic mass is 9.74. The molecule has 14 heavy (non-hydrogen) atoms. The molecule has 0 amide bonds. The number of methoxy groups -OCH3 is 1. The first kappa shape index (κ1) is 10.4. The average Bonchev–Trinajstić information content (AvgIpc) is 2.94. The third-order valence-corrected chi connectivity index (χ3v) is 4.04. The number of hydrogen-bond donors (Lipinski definition) is 1. The van der Waals surface area contributed by atoms with Crippen LogP contribution in [0.25, 0.3) is 0 Å². The molecule has 3 nitrogen and oxygen atoms in total. The van der Waals surface area contributed by atoms with Gasteiger partial charge in [0, 0.05) is 19.2 Å². The van der Waals surface area contributed by atoms with Crippen LogP contribution in [-0.4, -0.2) is 32.1 Å². The Kier molecular flexibility index (Phi) is 2.82. The molecule has 82 valence electrons. The Morgan fingerprint density at radius 3 is 2.29 bits per heavy atom. The van der Waals surface area contributed by atoms with Gasteiger partial charge in [-0.2, -0.15) is 0 Å². The zero-order valence-corrected chi connectivity index (χ0v) is 9.49. The fourth-order valence-electron chi connectivity index (χ4n) is 2.88. The molecule has 3 heteroatoms. The van der Waals surface area contributed by atoms with Gasteiger partial charge in [-0.15, -0.1) is 0 Å². The molecule has 2 fully saturated rings. The number of fused-ring (bicyclic) bond motifs is 1. The quantitative estimate of drug-likeness (QED) is 0.549. The Balaban J connectivity index is 1.98. The first-order chi connectivity index (χ1) is 6.66. The van der Waals surface area contributed by atoms with Crippen molar-refractivity contribution in [2.45, 2.75) is 39.0 Å². The smallest absolute Gasteiger partial charge is 0.146 e. The molecule has 0 bridgehead atoms. The van der Waals surface area contributed by atoms with Crippen molar-refractivity contribution in [1.82, 2.24) is 5.32 Å². The Bertz CT molecular complexity index is 209. The third kappa shape index (κ3) is 1.58. The fourth-order valence-corrected chi connectivity index (χ4v) is 2.88. The molecule has 2 aliphatic rings. The lowest BCUT2D eigenvalue weighted by Crippen LogP contribution is -2.42. The van der Waals surface area contributed by atoms with E-state index in [2.05, 4.69) is 26.1 Å². The maximum Gasteiger partial charge on any atom is 0.146 e. The van der Waals surface area contributed by atoms with Gasteiger partial charge in [0.25, 0.3) is 0 Å². The van der Waals surface area contributed by atoms with Crippen molar-refractivity contribution in [1.29, 1.82) is 0 Å². The molecule has 0 aromatic heterocycles. The Morgan fingerprint density at radius 1 is 1.00 bits per heavy atom. The molecule has 0 aromatic rings. The molecular weight excluding hydrogens is 178 g/mol. The molecule has 1 N–H and O–H groups in total. The predicted octanol–water partition coefficient (Wildman–Crippen LogP) is 1.24. The van der Waals surface area contributed by atoms with Crippen molar-refractivity contribution in [3.63, 3.8) is 0 Å². The van der Waals surface area contributed by atoms with E-state index in [1.165, 1.54) is 0 Å². The first-order valence-corrected chi connectivity index (χ1v) is 5.53. The van der Waals surface area contributed by atoms with E-state index in [0.717, 1.165) is 12.0 Å². The van der Waals surface area contributed by atoms with Gasteiger partial charge in [-0.3, -0.25) is 0 Å². The van der Waals surface area contributed by atoms with E-state index in [0.29, 0.717) is 30.8 Å². The second kappa shape index (κ2) is 3.80. The molecule has 1 aliphatic heterocycles. The topological polar surface area (TPSA) is 40.4 Å². The van der Waals surface area contributed by atoms with E-state index in [4.69, 9.17) is 9.47 Å². The Hall–Kier alpha value is -0.120. The van der Waals surface area contributed by atoms with Gasteiger partial charge in [0.05, 0.1) is 6.10 Å². The SMILES string of the molecule is COCO[C@H]1[C@H](C)[C@H]2N[C@H]2[C@@H](C)[C@@H]1C. The Labute approximate surface area is 86.2 Å². The van der Waals surface area contributed by atoms with Gasteiger partial charge in [0.1, 0.15) is 6.79 Å². The number of hydrogen-bond acceptors (Lipinski definition) is 3. The van der Waals surface area contributed by atoms with Crippen molar-refractivity contribution in [2.24, 2.45) is 17.8 Å². The van der Waals surface area contributed by atoms with Crippen LogP contribution in [0, 0.1) is 17.8 Å². The number of nitrogens with one attached hydrogen (secondary N) is 1. The molecule has 0 unspecified atom stereocenters. The van der Waals surface area contributed by atoms with Gasteiger partial charge in [0.15, 0.2) is 0 Å². The molecular formula is C11H21NO2. The van der Waals surface area contributed by atoms with E-state index in [-0.39, 0.29) is 0 Å². The highest BCUT2D eigenvalue weighted by Crippen LogP contribution is 2.42. The summed E-state index contributed by atoms with van der Waals surface area (Å²) in [6.45, 7) is 7.30. The standard InChI is InChI=1S/C11H21NO2/c1-6-7(2)11(14-5-13-4)8(3)10-9(6)12-10/h6-12H,5H2,1-4H3/t6-,7-,8+,9-,10+,11+/m0/s1. The summed E-state index contributed by atoms with van der Waals surface area (Å²) in [6, 6.07) is 1.42. The number of rotatable bonds is 3. The highest BCUT2D eigenvalue weighted by atomic mass is 16.7. The van der Waals surface area contributed by atoms with Gasteiger partial charge in [-0.05, 0) is 17.8 Å². The molecule has 1 aliphatic carbocycles. The van der Waals surface area contributed by atoms with Gasteiger partial charge in [-0.25, -0.2) is 0 Å². The van der Waals surface area contributed by atoms with Gasteiger partial charge >= 0.3 is 0 Å². The molecule has 1 saturated heterocycles. The Morgan fingerprint density at radius 2 is 1.64 bits per heavy atom. The van der Waals surface area contributed by atoms with E-state index in [1.54, 1.807) is 7.11 Å². The zero-order valence-electron chi connectivity index (χ0n) is 9.49. The monoisotopic (exact) mass is 199 g/mol. The van der Waals surface area contributed by atoms with Crippen molar-refractivity contribution in [3.8, 4) is 0 Å².